The SMILES string of the molecule is Cc1cccc2c3c([nH]c12)CC(C(=O)O)CC3O. The zero-order valence-electron chi connectivity index (χ0n) is 10.1. The summed E-state index contributed by atoms with van der Waals surface area (Å²) >= 11 is 0. The lowest BCUT2D eigenvalue weighted by Gasteiger charge is -2.23. The number of rotatable bonds is 1. The van der Waals surface area contributed by atoms with Crippen LogP contribution in [0.1, 0.15) is 29.3 Å². The average Bonchev–Trinajstić information content (AvgIpc) is 2.69. The van der Waals surface area contributed by atoms with Crippen molar-refractivity contribution in [2.24, 2.45) is 5.92 Å². The summed E-state index contributed by atoms with van der Waals surface area (Å²) < 4.78 is 0. The fraction of sp³-hybridized carbons (Fsp3) is 0.357. The number of hydrogen-bond donors (Lipinski definition) is 3. The molecule has 0 aliphatic heterocycles. The molecule has 0 radical (unpaired) electrons. The molecule has 18 heavy (non-hydrogen) atoms. The van der Waals surface area contributed by atoms with Crippen LogP contribution in [-0.2, 0) is 11.2 Å². The van der Waals surface area contributed by atoms with Gasteiger partial charge >= 0.3 is 5.97 Å². The normalized spacial score (nSPS) is 23.0. The number of benzene rings is 1. The molecule has 0 spiro atoms. The van der Waals surface area contributed by atoms with Crippen LogP contribution >= 0.6 is 0 Å². The van der Waals surface area contributed by atoms with Crippen LogP contribution < -0.4 is 0 Å². The first-order chi connectivity index (χ1) is 8.58. The fourth-order valence-electron chi connectivity index (χ4n) is 2.89. The molecule has 3 rings (SSSR count). The molecule has 1 aromatic carbocycles. The molecule has 0 bridgehead atoms. The minimum absolute atomic E-state index is 0.295. The van der Waals surface area contributed by atoms with Crippen LogP contribution in [0.3, 0.4) is 0 Å². The number of aryl methyl sites for hydroxylation is 1. The second kappa shape index (κ2) is 3.85. The molecule has 0 saturated carbocycles. The Kier molecular flexibility index (Phi) is 2.41. The second-order valence-electron chi connectivity index (χ2n) is 5.01. The van der Waals surface area contributed by atoms with Gasteiger partial charge in [-0.15, -0.1) is 0 Å². The molecule has 0 saturated heterocycles. The van der Waals surface area contributed by atoms with E-state index in [0.29, 0.717) is 12.8 Å². The molecule has 2 atom stereocenters. The topological polar surface area (TPSA) is 73.3 Å². The van der Waals surface area contributed by atoms with Crippen molar-refractivity contribution in [3.63, 3.8) is 0 Å². The zero-order valence-corrected chi connectivity index (χ0v) is 10.1. The maximum Gasteiger partial charge on any atom is 0.306 e. The molecule has 2 unspecified atom stereocenters. The number of aliphatic carboxylic acids is 1. The van der Waals surface area contributed by atoms with E-state index in [1.54, 1.807) is 0 Å². The molecule has 1 heterocycles. The van der Waals surface area contributed by atoms with E-state index >= 15 is 0 Å². The highest BCUT2D eigenvalue weighted by Gasteiger charge is 2.32. The van der Waals surface area contributed by atoms with Gasteiger partial charge in [-0.25, -0.2) is 0 Å². The van der Waals surface area contributed by atoms with Crippen LogP contribution in [0, 0.1) is 12.8 Å². The Morgan fingerprint density at radius 3 is 2.94 bits per heavy atom. The number of aliphatic hydroxyl groups excluding tert-OH is 1. The highest BCUT2D eigenvalue weighted by atomic mass is 16.4. The molecule has 1 aliphatic carbocycles. The Labute approximate surface area is 104 Å². The van der Waals surface area contributed by atoms with E-state index in [1.165, 1.54) is 0 Å². The summed E-state index contributed by atoms with van der Waals surface area (Å²) in [6.07, 6.45) is 0.0735. The number of aromatic amines is 1. The van der Waals surface area contributed by atoms with Crippen molar-refractivity contribution in [2.45, 2.75) is 25.9 Å². The molecule has 94 valence electrons. The Hall–Kier alpha value is -1.81. The standard InChI is InChI=1S/C14H15NO3/c1-7-3-2-4-9-12-10(15-13(7)9)5-8(14(17)18)6-11(12)16/h2-4,8,11,15-16H,5-6H2,1H3,(H,17,18). The van der Waals surface area contributed by atoms with Crippen molar-refractivity contribution >= 4 is 16.9 Å². The minimum Gasteiger partial charge on any atom is -0.481 e. The molecular formula is C14H15NO3. The highest BCUT2D eigenvalue weighted by Crippen LogP contribution is 2.38. The van der Waals surface area contributed by atoms with Crippen molar-refractivity contribution < 1.29 is 15.0 Å². The molecule has 2 aromatic rings. The van der Waals surface area contributed by atoms with Crippen LogP contribution in [0.5, 0.6) is 0 Å². The third-order valence-corrected chi connectivity index (χ3v) is 3.80. The van der Waals surface area contributed by atoms with Crippen LogP contribution in [0.25, 0.3) is 10.9 Å². The van der Waals surface area contributed by atoms with Gasteiger partial charge < -0.3 is 15.2 Å². The Morgan fingerprint density at radius 2 is 2.22 bits per heavy atom. The molecular weight excluding hydrogens is 230 g/mol. The quantitative estimate of drug-likeness (QED) is 0.720. The zero-order chi connectivity index (χ0) is 12.9. The van der Waals surface area contributed by atoms with Crippen molar-refractivity contribution in [1.82, 2.24) is 4.98 Å². The van der Waals surface area contributed by atoms with Crippen molar-refractivity contribution in [2.75, 3.05) is 0 Å². The lowest BCUT2D eigenvalue weighted by molar-refractivity contribution is -0.143. The van der Waals surface area contributed by atoms with Gasteiger partial charge in [0, 0.05) is 28.6 Å². The third-order valence-electron chi connectivity index (χ3n) is 3.80. The van der Waals surface area contributed by atoms with Gasteiger partial charge in [-0.1, -0.05) is 18.2 Å². The first-order valence-corrected chi connectivity index (χ1v) is 6.09. The van der Waals surface area contributed by atoms with Gasteiger partial charge in [0.2, 0.25) is 0 Å². The molecule has 1 aliphatic rings. The highest BCUT2D eigenvalue weighted by molar-refractivity contribution is 5.88. The predicted octanol–water partition coefficient (Wildman–Crippen LogP) is 2.16. The number of para-hydroxylation sites is 1. The molecule has 3 N–H and O–H groups in total. The van der Waals surface area contributed by atoms with Crippen molar-refractivity contribution in [3.05, 3.63) is 35.0 Å². The van der Waals surface area contributed by atoms with Crippen molar-refractivity contribution in [3.8, 4) is 0 Å². The van der Waals surface area contributed by atoms with Crippen LogP contribution in [-0.4, -0.2) is 21.2 Å². The van der Waals surface area contributed by atoms with Gasteiger partial charge in [-0.05, 0) is 18.9 Å². The molecule has 4 nitrogen and oxygen atoms in total. The Bertz CT molecular complexity index is 629. The maximum atomic E-state index is 11.1. The second-order valence-corrected chi connectivity index (χ2v) is 5.01. The number of fused-ring (bicyclic) bond motifs is 3. The Balaban J connectivity index is 2.19. The van der Waals surface area contributed by atoms with Gasteiger partial charge in [0.1, 0.15) is 0 Å². The summed E-state index contributed by atoms with van der Waals surface area (Å²) in [5.74, 6) is -1.34. The van der Waals surface area contributed by atoms with Crippen LogP contribution in [0.4, 0.5) is 0 Å². The number of carboxylic acid groups (broad SMARTS) is 1. The monoisotopic (exact) mass is 245 g/mol. The lowest BCUT2D eigenvalue weighted by Crippen LogP contribution is -2.24. The van der Waals surface area contributed by atoms with Crippen LogP contribution in [0.2, 0.25) is 0 Å². The first-order valence-electron chi connectivity index (χ1n) is 6.09. The van der Waals surface area contributed by atoms with E-state index in [4.69, 9.17) is 5.11 Å². The average molecular weight is 245 g/mol. The first kappa shape index (κ1) is 11.3. The summed E-state index contributed by atoms with van der Waals surface area (Å²) in [6.45, 7) is 2.01. The Morgan fingerprint density at radius 1 is 1.44 bits per heavy atom. The minimum atomic E-state index is -0.838. The van der Waals surface area contributed by atoms with E-state index < -0.39 is 18.0 Å². The van der Waals surface area contributed by atoms with Gasteiger partial charge in [0.15, 0.2) is 0 Å². The number of aromatic nitrogens is 1. The van der Waals surface area contributed by atoms with Crippen molar-refractivity contribution in [1.29, 1.82) is 0 Å². The van der Waals surface area contributed by atoms with Gasteiger partial charge in [-0.2, -0.15) is 0 Å². The van der Waals surface area contributed by atoms with Gasteiger partial charge in [0.05, 0.1) is 12.0 Å². The summed E-state index contributed by atoms with van der Waals surface area (Å²) in [5.41, 5.74) is 3.87. The van der Waals surface area contributed by atoms with E-state index in [1.807, 2.05) is 25.1 Å². The van der Waals surface area contributed by atoms with E-state index in [9.17, 15) is 9.90 Å². The summed E-state index contributed by atoms with van der Waals surface area (Å²) in [5, 5.41) is 20.3. The summed E-state index contributed by atoms with van der Waals surface area (Å²) in [7, 11) is 0. The maximum absolute atomic E-state index is 11.1. The smallest absolute Gasteiger partial charge is 0.306 e. The molecule has 0 fully saturated rings. The van der Waals surface area contributed by atoms with E-state index in [2.05, 4.69) is 4.98 Å². The molecule has 4 heteroatoms. The largest absolute Gasteiger partial charge is 0.481 e. The van der Waals surface area contributed by atoms with E-state index in [0.717, 1.165) is 27.7 Å². The lowest BCUT2D eigenvalue weighted by atomic mass is 9.85. The third kappa shape index (κ3) is 1.53. The van der Waals surface area contributed by atoms with E-state index in [-0.39, 0.29) is 0 Å². The van der Waals surface area contributed by atoms with Crippen LogP contribution in [0.15, 0.2) is 18.2 Å². The number of carbonyl (C=O) groups is 1. The number of H-pyrrole nitrogens is 1. The fourth-order valence-corrected chi connectivity index (χ4v) is 2.89. The summed E-state index contributed by atoms with van der Waals surface area (Å²) in [6, 6.07) is 5.94. The number of nitrogens with one attached hydrogen (secondary N) is 1. The number of hydrogen-bond acceptors (Lipinski definition) is 2. The summed E-state index contributed by atoms with van der Waals surface area (Å²) in [4.78, 5) is 14.3. The number of carboxylic acids is 1. The molecule has 0 amide bonds. The molecule has 1 aromatic heterocycles. The number of aliphatic hydroxyl groups is 1. The predicted molar refractivity (Wildman–Crippen MR) is 67.4 cm³/mol. The van der Waals surface area contributed by atoms with Gasteiger partial charge in [0.25, 0.3) is 0 Å². The van der Waals surface area contributed by atoms with Gasteiger partial charge in [-0.3, -0.25) is 4.79 Å².